The van der Waals surface area contributed by atoms with Crippen molar-refractivity contribution in [1.29, 1.82) is 5.26 Å². The topological polar surface area (TPSA) is 71.8 Å². The van der Waals surface area contributed by atoms with Crippen molar-refractivity contribution in [2.24, 2.45) is 0 Å². The molecule has 0 amide bonds. The Labute approximate surface area is 135 Å². The summed E-state index contributed by atoms with van der Waals surface area (Å²) >= 11 is 12.1. The SMILES string of the molecule is N#Cc1c(N)c2cc(Cl)c(Cl)cc2n(-c2ccccc2)c1=O. The number of anilines is 1. The fraction of sp³-hybridized carbons (Fsp3) is 0. The summed E-state index contributed by atoms with van der Waals surface area (Å²) in [5.41, 5.74) is 6.58. The second-order valence-electron chi connectivity index (χ2n) is 4.66. The second-order valence-corrected chi connectivity index (χ2v) is 5.47. The number of halogens is 2. The van der Waals surface area contributed by atoms with E-state index in [1.54, 1.807) is 36.4 Å². The zero-order valence-electron chi connectivity index (χ0n) is 11.2. The van der Waals surface area contributed by atoms with Crippen LogP contribution in [0.15, 0.2) is 47.3 Å². The number of rotatable bonds is 1. The molecule has 2 N–H and O–H groups in total. The average molecular weight is 330 g/mol. The maximum atomic E-state index is 12.6. The van der Waals surface area contributed by atoms with Gasteiger partial charge in [-0.3, -0.25) is 9.36 Å². The lowest BCUT2D eigenvalue weighted by Crippen LogP contribution is -2.23. The van der Waals surface area contributed by atoms with Gasteiger partial charge in [0.25, 0.3) is 5.56 Å². The number of nitrogens with two attached hydrogens (primary N) is 1. The van der Waals surface area contributed by atoms with E-state index in [1.165, 1.54) is 4.57 Å². The van der Waals surface area contributed by atoms with Crippen LogP contribution < -0.4 is 11.3 Å². The Balaban J connectivity index is 2.58. The first-order chi connectivity index (χ1) is 10.5. The van der Waals surface area contributed by atoms with Crippen LogP contribution in [-0.2, 0) is 0 Å². The van der Waals surface area contributed by atoms with Crippen molar-refractivity contribution < 1.29 is 0 Å². The Hall–Kier alpha value is -2.48. The van der Waals surface area contributed by atoms with E-state index in [-0.39, 0.29) is 11.3 Å². The van der Waals surface area contributed by atoms with Crippen LogP contribution in [0.1, 0.15) is 5.56 Å². The number of para-hydroxylation sites is 1. The monoisotopic (exact) mass is 329 g/mol. The van der Waals surface area contributed by atoms with Gasteiger partial charge in [-0.15, -0.1) is 0 Å². The highest BCUT2D eigenvalue weighted by atomic mass is 35.5. The molecule has 0 aliphatic rings. The van der Waals surface area contributed by atoms with Crippen molar-refractivity contribution in [2.75, 3.05) is 5.73 Å². The predicted octanol–water partition coefficient (Wildman–Crippen LogP) is 3.75. The van der Waals surface area contributed by atoms with Gasteiger partial charge in [-0.25, -0.2) is 0 Å². The van der Waals surface area contributed by atoms with Gasteiger partial charge in [-0.1, -0.05) is 41.4 Å². The molecular weight excluding hydrogens is 321 g/mol. The Kier molecular flexibility index (Phi) is 3.53. The predicted molar refractivity (Wildman–Crippen MR) is 88.7 cm³/mol. The largest absolute Gasteiger partial charge is 0.397 e. The molecule has 0 bridgehead atoms. The third kappa shape index (κ3) is 2.12. The lowest BCUT2D eigenvalue weighted by molar-refractivity contribution is 1.04. The first-order valence-electron chi connectivity index (χ1n) is 6.33. The number of aromatic nitrogens is 1. The van der Waals surface area contributed by atoms with Crippen LogP contribution in [-0.4, -0.2) is 4.57 Å². The molecule has 2 aromatic carbocycles. The molecule has 0 aliphatic carbocycles. The van der Waals surface area contributed by atoms with Crippen molar-refractivity contribution in [3.63, 3.8) is 0 Å². The van der Waals surface area contributed by atoms with E-state index in [4.69, 9.17) is 28.9 Å². The van der Waals surface area contributed by atoms with Crippen molar-refractivity contribution >= 4 is 39.8 Å². The molecule has 22 heavy (non-hydrogen) atoms. The summed E-state index contributed by atoms with van der Waals surface area (Å²) < 4.78 is 1.41. The molecule has 0 saturated heterocycles. The van der Waals surface area contributed by atoms with Crippen molar-refractivity contribution in [1.82, 2.24) is 4.57 Å². The fourth-order valence-corrected chi connectivity index (χ4v) is 2.67. The smallest absolute Gasteiger partial charge is 0.275 e. The standard InChI is InChI=1S/C16H9Cl2N3O/c17-12-6-10-14(7-13(12)18)21(9-4-2-1-3-5-9)16(22)11(8-19)15(10)20/h1-7H,20H2. The van der Waals surface area contributed by atoms with Crippen LogP contribution in [0.4, 0.5) is 5.69 Å². The van der Waals surface area contributed by atoms with Gasteiger partial charge >= 0.3 is 0 Å². The highest BCUT2D eigenvalue weighted by Crippen LogP contribution is 2.32. The summed E-state index contributed by atoms with van der Waals surface area (Å²) in [7, 11) is 0. The highest BCUT2D eigenvalue weighted by Gasteiger charge is 2.17. The van der Waals surface area contributed by atoms with E-state index in [9.17, 15) is 10.1 Å². The maximum absolute atomic E-state index is 12.6. The normalized spacial score (nSPS) is 10.6. The van der Waals surface area contributed by atoms with E-state index in [0.717, 1.165) is 0 Å². The van der Waals surface area contributed by atoms with Gasteiger partial charge in [-0.05, 0) is 24.3 Å². The third-order valence-corrected chi connectivity index (χ3v) is 4.10. The minimum Gasteiger partial charge on any atom is -0.397 e. The van der Waals surface area contributed by atoms with Crippen molar-refractivity contribution in [3.8, 4) is 11.8 Å². The molecule has 6 heteroatoms. The molecule has 0 saturated carbocycles. The summed E-state index contributed by atoms with van der Waals surface area (Å²) in [4.78, 5) is 12.6. The molecule has 0 fully saturated rings. The fourth-order valence-electron chi connectivity index (χ4n) is 2.35. The number of nitriles is 1. The number of nitrogen functional groups attached to an aromatic ring is 1. The summed E-state index contributed by atoms with van der Waals surface area (Å²) in [6.07, 6.45) is 0. The Bertz CT molecular complexity index is 988. The van der Waals surface area contributed by atoms with Crippen LogP contribution in [0.2, 0.25) is 10.0 Å². The minimum absolute atomic E-state index is 0.105. The lowest BCUT2D eigenvalue weighted by Gasteiger charge is -2.14. The van der Waals surface area contributed by atoms with Crippen LogP contribution >= 0.6 is 23.2 Å². The van der Waals surface area contributed by atoms with Gasteiger partial charge in [0.15, 0.2) is 0 Å². The number of hydrogen-bond donors (Lipinski definition) is 1. The van der Waals surface area contributed by atoms with Crippen molar-refractivity contribution in [2.45, 2.75) is 0 Å². The van der Waals surface area contributed by atoms with Crippen LogP contribution in [0.3, 0.4) is 0 Å². The van der Waals surface area contributed by atoms with Crippen LogP contribution in [0.5, 0.6) is 0 Å². The number of benzene rings is 2. The lowest BCUT2D eigenvalue weighted by atomic mass is 10.1. The first kappa shape index (κ1) is 14.5. The molecule has 0 spiro atoms. The summed E-state index contributed by atoms with van der Waals surface area (Å²) in [5, 5.41) is 10.4. The molecule has 1 aromatic heterocycles. The molecule has 4 nitrogen and oxygen atoms in total. The van der Waals surface area contributed by atoms with E-state index < -0.39 is 5.56 Å². The van der Waals surface area contributed by atoms with Gasteiger partial charge in [0, 0.05) is 11.1 Å². The Morgan fingerprint density at radius 2 is 1.73 bits per heavy atom. The van der Waals surface area contributed by atoms with Gasteiger partial charge in [-0.2, -0.15) is 5.26 Å². The molecule has 108 valence electrons. The van der Waals surface area contributed by atoms with E-state index in [2.05, 4.69) is 0 Å². The number of hydrogen-bond acceptors (Lipinski definition) is 3. The zero-order valence-corrected chi connectivity index (χ0v) is 12.7. The van der Waals surface area contributed by atoms with Gasteiger partial charge in [0.1, 0.15) is 11.6 Å². The summed E-state index contributed by atoms with van der Waals surface area (Å²) in [5.74, 6) is 0. The molecule has 3 aromatic rings. The Morgan fingerprint density at radius 1 is 1.09 bits per heavy atom. The van der Waals surface area contributed by atoms with Crippen LogP contribution in [0, 0.1) is 11.3 Å². The van der Waals surface area contributed by atoms with Gasteiger partial charge in [0.2, 0.25) is 0 Å². The highest BCUT2D eigenvalue weighted by molar-refractivity contribution is 6.42. The number of nitrogens with zero attached hydrogens (tertiary/aromatic N) is 2. The summed E-state index contributed by atoms with van der Waals surface area (Å²) in [6.45, 7) is 0. The van der Waals surface area contributed by atoms with E-state index in [0.29, 0.717) is 26.6 Å². The first-order valence-corrected chi connectivity index (χ1v) is 7.09. The maximum Gasteiger partial charge on any atom is 0.275 e. The van der Waals surface area contributed by atoms with Gasteiger partial charge in [0.05, 0.1) is 21.2 Å². The molecule has 0 atom stereocenters. The van der Waals surface area contributed by atoms with Gasteiger partial charge < -0.3 is 5.73 Å². The molecule has 0 unspecified atom stereocenters. The summed E-state index contributed by atoms with van der Waals surface area (Å²) in [6, 6.07) is 14.0. The molecule has 0 radical (unpaired) electrons. The number of fused-ring (bicyclic) bond motifs is 1. The second kappa shape index (κ2) is 5.38. The quantitative estimate of drug-likeness (QED) is 0.738. The van der Waals surface area contributed by atoms with E-state index >= 15 is 0 Å². The zero-order chi connectivity index (χ0) is 15.9. The average Bonchev–Trinajstić information content (AvgIpc) is 2.51. The number of pyridine rings is 1. The minimum atomic E-state index is -0.489. The van der Waals surface area contributed by atoms with E-state index in [1.807, 2.05) is 12.1 Å². The van der Waals surface area contributed by atoms with Crippen molar-refractivity contribution in [3.05, 3.63) is 68.4 Å². The Morgan fingerprint density at radius 3 is 2.36 bits per heavy atom. The molecule has 0 aliphatic heterocycles. The molecule has 1 heterocycles. The third-order valence-electron chi connectivity index (χ3n) is 3.38. The molecule has 3 rings (SSSR count). The van der Waals surface area contributed by atoms with Crippen LogP contribution in [0.25, 0.3) is 16.6 Å². The molecular formula is C16H9Cl2N3O.